The molecular formula is C10H16N4O2. The molecule has 0 unspecified atom stereocenters. The van der Waals surface area contributed by atoms with Crippen LogP contribution in [0.15, 0.2) is 9.59 Å². The monoisotopic (exact) mass is 224 g/mol. The van der Waals surface area contributed by atoms with Crippen molar-refractivity contribution in [1.82, 2.24) is 14.1 Å². The van der Waals surface area contributed by atoms with Crippen LogP contribution in [0.1, 0.15) is 25.3 Å². The van der Waals surface area contributed by atoms with Crippen molar-refractivity contribution >= 4 is 5.95 Å². The van der Waals surface area contributed by atoms with Gasteiger partial charge in [-0.2, -0.15) is 4.98 Å². The highest BCUT2D eigenvalue weighted by atomic mass is 16.2. The van der Waals surface area contributed by atoms with E-state index >= 15 is 0 Å². The van der Waals surface area contributed by atoms with E-state index in [9.17, 15) is 9.59 Å². The van der Waals surface area contributed by atoms with Gasteiger partial charge in [-0.1, -0.05) is 0 Å². The van der Waals surface area contributed by atoms with Gasteiger partial charge in [-0.3, -0.25) is 4.57 Å². The van der Waals surface area contributed by atoms with E-state index < -0.39 is 5.69 Å². The predicted molar refractivity (Wildman–Crippen MR) is 61.0 cm³/mol. The summed E-state index contributed by atoms with van der Waals surface area (Å²) >= 11 is 0. The predicted octanol–water partition coefficient (Wildman–Crippen LogP) is -0.267. The van der Waals surface area contributed by atoms with E-state index in [4.69, 9.17) is 0 Å². The molecule has 0 aromatic carbocycles. The molecule has 6 nitrogen and oxygen atoms in total. The van der Waals surface area contributed by atoms with Crippen LogP contribution in [0.25, 0.3) is 0 Å². The van der Waals surface area contributed by atoms with Crippen LogP contribution >= 0.6 is 0 Å². The summed E-state index contributed by atoms with van der Waals surface area (Å²) in [6, 6.07) is 0.0508. The molecule has 0 N–H and O–H groups in total. The molecule has 0 bridgehead atoms. The fraction of sp³-hybridized carbons (Fsp3) is 0.700. The van der Waals surface area contributed by atoms with Crippen LogP contribution in [0, 0.1) is 0 Å². The fourth-order valence-corrected chi connectivity index (χ4v) is 1.90. The zero-order valence-electron chi connectivity index (χ0n) is 9.80. The van der Waals surface area contributed by atoms with Gasteiger partial charge in [-0.05, 0) is 19.3 Å². The zero-order chi connectivity index (χ0) is 11.9. The second kappa shape index (κ2) is 3.77. The maximum absolute atomic E-state index is 12.0. The minimum atomic E-state index is -0.434. The summed E-state index contributed by atoms with van der Waals surface area (Å²) in [6.45, 7) is 0. The van der Waals surface area contributed by atoms with Gasteiger partial charge in [0.25, 0.3) is 0 Å². The number of anilines is 1. The summed E-state index contributed by atoms with van der Waals surface area (Å²) in [4.78, 5) is 29.4. The first kappa shape index (κ1) is 10.9. The average Bonchev–Trinajstić information content (AvgIpc) is 2.14. The van der Waals surface area contributed by atoms with Crippen molar-refractivity contribution < 1.29 is 0 Å². The molecule has 0 spiro atoms. The van der Waals surface area contributed by atoms with Crippen LogP contribution in [0.2, 0.25) is 0 Å². The molecule has 0 amide bonds. The molecule has 0 saturated heterocycles. The van der Waals surface area contributed by atoms with Gasteiger partial charge in [-0.25, -0.2) is 14.2 Å². The lowest BCUT2D eigenvalue weighted by molar-refractivity contribution is 0.287. The molecule has 1 aromatic heterocycles. The van der Waals surface area contributed by atoms with Gasteiger partial charge in [0.05, 0.1) is 0 Å². The second-order valence-corrected chi connectivity index (χ2v) is 4.39. The van der Waals surface area contributed by atoms with Crippen LogP contribution in [-0.2, 0) is 7.05 Å². The molecule has 2 rings (SSSR count). The molecule has 0 radical (unpaired) electrons. The molecule has 0 atom stereocenters. The average molecular weight is 224 g/mol. The minimum absolute atomic E-state index is 0.0508. The van der Waals surface area contributed by atoms with Crippen molar-refractivity contribution in [1.29, 1.82) is 0 Å². The van der Waals surface area contributed by atoms with E-state index in [1.807, 2.05) is 0 Å². The lowest BCUT2D eigenvalue weighted by atomic mass is 9.93. The third-order valence-corrected chi connectivity index (χ3v) is 3.03. The first-order valence-electron chi connectivity index (χ1n) is 5.39. The van der Waals surface area contributed by atoms with E-state index in [-0.39, 0.29) is 11.7 Å². The minimum Gasteiger partial charge on any atom is -0.348 e. The molecule has 1 aliphatic rings. The van der Waals surface area contributed by atoms with Gasteiger partial charge in [-0.15, -0.1) is 0 Å². The Kier molecular flexibility index (Phi) is 2.57. The summed E-state index contributed by atoms with van der Waals surface area (Å²) < 4.78 is 2.69. The maximum Gasteiger partial charge on any atom is 0.355 e. The van der Waals surface area contributed by atoms with Crippen LogP contribution in [0.5, 0.6) is 0 Å². The quantitative estimate of drug-likeness (QED) is 0.694. The van der Waals surface area contributed by atoms with Crippen LogP contribution in [-0.4, -0.2) is 28.2 Å². The second-order valence-electron chi connectivity index (χ2n) is 4.39. The van der Waals surface area contributed by atoms with Crippen LogP contribution < -0.4 is 16.3 Å². The number of nitrogens with zero attached hydrogens (tertiary/aromatic N) is 4. The normalized spacial score (nSPS) is 15.9. The summed E-state index contributed by atoms with van der Waals surface area (Å²) in [5.41, 5.74) is -0.704. The Morgan fingerprint density at radius 3 is 2.38 bits per heavy atom. The SMILES string of the molecule is CN(C)c1nc(=O)n(C2CCC2)c(=O)n1C. The molecule has 1 aromatic rings. The molecular weight excluding hydrogens is 208 g/mol. The Bertz CT molecular complexity index is 511. The lowest BCUT2D eigenvalue weighted by Crippen LogP contribution is -2.46. The van der Waals surface area contributed by atoms with Crippen LogP contribution in [0.3, 0.4) is 0 Å². The number of aromatic nitrogens is 3. The van der Waals surface area contributed by atoms with Crippen molar-refractivity contribution in [3.8, 4) is 0 Å². The fourth-order valence-electron chi connectivity index (χ4n) is 1.90. The highest BCUT2D eigenvalue weighted by Crippen LogP contribution is 2.28. The summed E-state index contributed by atoms with van der Waals surface area (Å²) in [6.07, 6.45) is 2.88. The first-order chi connectivity index (χ1) is 7.52. The molecule has 16 heavy (non-hydrogen) atoms. The zero-order valence-corrected chi connectivity index (χ0v) is 9.80. The molecule has 88 valence electrons. The van der Waals surface area contributed by atoms with E-state index in [0.29, 0.717) is 5.95 Å². The van der Waals surface area contributed by atoms with Crippen molar-refractivity contribution in [2.45, 2.75) is 25.3 Å². The van der Waals surface area contributed by atoms with Gasteiger partial charge >= 0.3 is 11.4 Å². The number of rotatable bonds is 2. The Morgan fingerprint density at radius 1 is 1.31 bits per heavy atom. The molecule has 1 aliphatic carbocycles. The van der Waals surface area contributed by atoms with Gasteiger partial charge in [0.2, 0.25) is 5.95 Å². The van der Waals surface area contributed by atoms with Gasteiger partial charge in [0.15, 0.2) is 0 Å². The van der Waals surface area contributed by atoms with E-state index in [1.54, 1.807) is 26.0 Å². The Morgan fingerprint density at radius 2 is 1.94 bits per heavy atom. The maximum atomic E-state index is 12.0. The van der Waals surface area contributed by atoms with Crippen LogP contribution in [0.4, 0.5) is 5.95 Å². The van der Waals surface area contributed by atoms with E-state index in [1.165, 1.54) is 9.13 Å². The highest BCUT2D eigenvalue weighted by molar-refractivity contribution is 5.25. The third-order valence-electron chi connectivity index (χ3n) is 3.03. The Balaban J connectivity index is 2.61. The van der Waals surface area contributed by atoms with Crippen molar-refractivity contribution in [3.63, 3.8) is 0 Å². The molecule has 1 fully saturated rings. The van der Waals surface area contributed by atoms with Crippen molar-refractivity contribution in [2.24, 2.45) is 7.05 Å². The summed E-state index contributed by atoms with van der Waals surface area (Å²) in [5.74, 6) is 0.394. The summed E-state index contributed by atoms with van der Waals surface area (Å²) in [7, 11) is 5.16. The van der Waals surface area contributed by atoms with Crippen molar-refractivity contribution in [3.05, 3.63) is 21.0 Å². The molecule has 1 heterocycles. The van der Waals surface area contributed by atoms with Crippen molar-refractivity contribution in [2.75, 3.05) is 19.0 Å². The smallest absolute Gasteiger partial charge is 0.348 e. The topological polar surface area (TPSA) is 60.1 Å². The number of hydrogen-bond donors (Lipinski definition) is 0. The number of hydrogen-bond acceptors (Lipinski definition) is 4. The summed E-state index contributed by atoms with van der Waals surface area (Å²) in [5, 5.41) is 0. The highest BCUT2D eigenvalue weighted by Gasteiger charge is 2.24. The standard InChI is InChI=1S/C10H16N4O2/c1-12(2)8-11-9(15)14(7-5-4-6-7)10(16)13(8)3/h7H,4-6H2,1-3H3. The lowest BCUT2D eigenvalue weighted by Gasteiger charge is -2.27. The Hall–Kier alpha value is -1.59. The van der Waals surface area contributed by atoms with E-state index in [2.05, 4.69) is 4.98 Å². The first-order valence-corrected chi connectivity index (χ1v) is 5.39. The van der Waals surface area contributed by atoms with E-state index in [0.717, 1.165) is 19.3 Å². The Labute approximate surface area is 93.1 Å². The van der Waals surface area contributed by atoms with Gasteiger partial charge in [0.1, 0.15) is 0 Å². The largest absolute Gasteiger partial charge is 0.355 e. The molecule has 0 aliphatic heterocycles. The third kappa shape index (κ3) is 1.54. The molecule has 6 heteroatoms. The molecule has 1 saturated carbocycles. The van der Waals surface area contributed by atoms with Gasteiger partial charge < -0.3 is 4.90 Å². The van der Waals surface area contributed by atoms with Gasteiger partial charge in [0, 0.05) is 27.2 Å².